The maximum atomic E-state index is 12.5. The SMILES string of the molecule is O=C1OC2C(c3ccc(Br)cc3)=CC=CC2C2C=CC(Br)=CC12. The number of halogens is 2. The summed E-state index contributed by atoms with van der Waals surface area (Å²) in [6, 6.07) is 8.13. The average Bonchev–Trinajstić information content (AvgIpc) is 2.56. The van der Waals surface area contributed by atoms with Crippen LogP contribution >= 0.6 is 31.9 Å². The van der Waals surface area contributed by atoms with Gasteiger partial charge >= 0.3 is 5.97 Å². The van der Waals surface area contributed by atoms with Crippen molar-refractivity contribution < 1.29 is 9.53 Å². The molecule has 0 N–H and O–H groups in total. The number of hydrogen-bond donors (Lipinski definition) is 0. The lowest BCUT2D eigenvalue weighted by atomic mass is 9.70. The minimum Gasteiger partial charge on any atom is -0.456 e. The summed E-state index contributed by atoms with van der Waals surface area (Å²) < 4.78 is 7.82. The van der Waals surface area contributed by atoms with Crippen molar-refractivity contribution in [3.05, 3.63) is 75.2 Å². The van der Waals surface area contributed by atoms with Crippen LogP contribution in [0.15, 0.2) is 69.7 Å². The van der Waals surface area contributed by atoms with Gasteiger partial charge in [-0.25, -0.2) is 0 Å². The molecule has 1 saturated heterocycles. The summed E-state index contributed by atoms with van der Waals surface area (Å²) in [5, 5.41) is 0. The van der Waals surface area contributed by atoms with E-state index in [1.54, 1.807) is 0 Å². The van der Waals surface area contributed by atoms with E-state index in [1.807, 2.05) is 24.3 Å². The number of carbonyl (C=O) groups excluding carboxylic acids is 1. The summed E-state index contributed by atoms with van der Waals surface area (Å²) in [6.45, 7) is 0. The summed E-state index contributed by atoms with van der Waals surface area (Å²) in [6.07, 6.45) is 12.2. The molecule has 0 aromatic heterocycles. The molecular formula is C19H14Br2O2. The lowest BCUT2D eigenvalue weighted by molar-refractivity contribution is -0.160. The van der Waals surface area contributed by atoms with Crippen LogP contribution in [0.1, 0.15) is 5.56 Å². The summed E-state index contributed by atoms with van der Waals surface area (Å²) in [4.78, 5) is 12.5. The van der Waals surface area contributed by atoms with E-state index in [0.29, 0.717) is 0 Å². The van der Waals surface area contributed by atoms with Crippen molar-refractivity contribution in [1.82, 2.24) is 0 Å². The molecule has 116 valence electrons. The van der Waals surface area contributed by atoms with E-state index in [4.69, 9.17) is 4.74 Å². The molecule has 1 aliphatic heterocycles. The summed E-state index contributed by atoms with van der Waals surface area (Å²) in [7, 11) is 0. The molecule has 4 heteroatoms. The molecule has 3 aliphatic rings. The molecule has 1 aromatic rings. The molecule has 4 unspecified atom stereocenters. The second-order valence-corrected chi connectivity index (χ2v) is 7.79. The van der Waals surface area contributed by atoms with Crippen molar-refractivity contribution in [2.75, 3.05) is 0 Å². The van der Waals surface area contributed by atoms with Crippen molar-refractivity contribution >= 4 is 43.4 Å². The Bertz CT molecular complexity index is 771. The standard InChI is InChI=1S/C19H14Br2O2/c20-12-6-4-11(5-7-12)14-2-1-3-16-15-9-8-13(21)10-17(15)19(22)23-18(14)16/h1-10,15-18H. The number of benzene rings is 1. The van der Waals surface area contributed by atoms with Gasteiger partial charge in [-0.05, 0) is 17.7 Å². The zero-order chi connectivity index (χ0) is 16.0. The summed E-state index contributed by atoms with van der Waals surface area (Å²) in [5.41, 5.74) is 2.16. The molecule has 4 atom stereocenters. The van der Waals surface area contributed by atoms with Crippen LogP contribution < -0.4 is 0 Å². The molecule has 4 rings (SSSR count). The fraction of sp³-hybridized carbons (Fsp3) is 0.211. The van der Waals surface area contributed by atoms with Gasteiger partial charge in [0.15, 0.2) is 0 Å². The van der Waals surface area contributed by atoms with Gasteiger partial charge < -0.3 is 4.74 Å². The quantitative estimate of drug-likeness (QED) is 0.581. The van der Waals surface area contributed by atoms with Gasteiger partial charge in [-0.2, -0.15) is 0 Å². The van der Waals surface area contributed by atoms with Crippen molar-refractivity contribution in [2.45, 2.75) is 6.10 Å². The van der Waals surface area contributed by atoms with Crippen LogP contribution in [0, 0.1) is 17.8 Å². The first kappa shape index (κ1) is 15.2. The van der Waals surface area contributed by atoms with Gasteiger partial charge in [0.2, 0.25) is 0 Å². The van der Waals surface area contributed by atoms with Crippen molar-refractivity contribution in [2.24, 2.45) is 17.8 Å². The third-order valence-electron chi connectivity index (χ3n) is 4.63. The first-order valence-electron chi connectivity index (χ1n) is 7.54. The number of allylic oxidation sites excluding steroid dienone is 5. The minimum atomic E-state index is -0.218. The summed E-state index contributed by atoms with van der Waals surface area (Å²) in [5.74, 6) is -0.0206. The highest BCUT2D eigenvalue weighted by molar-refractivity contribution is 9.12. The number of carbonyl (C=O) groups is 1. The largest absolute Gasteiger partial charge is 0.456 e. The minimum absolute atomic E-state index is 0.143. The van der Waals surface area contributed by atoms with Crippen LogP contribution in [-0.2, 0) is 9.53 Å². The number of ether oxygens (including phenoxy) is 1. The average molecular weight is 434 g/mol. The molecule has 0 spiro atoms. The van der Waals surface area contributed by atoms with Gasteiger partial charge in [0, 0.05) is 26.4 Å². The molecule has 0 radical (unpaired) electrons. The molecule has 1 aromatic carbocycles. The smallest absolute Gasteiger partial charge is 0.314 e. The van der Waals surface area contributed by atoms with Crippen molar-refractivity contribution in [3.63, 3.8) is 0 Å². The Balaban J connectivity index is 1.71. The van der Waals surface area contributed by atoms with E-state index in [9.17, 15) is 4.79 Å². The Morgan fingerprint density at radius 2 is 1.78 bits per heavy atom. The molecule has 0 bridgehead atoms. The first-order chi connectivity index (χ1) is 11.1. The molecule has 2 aliphatic carbocycles. The van der Waals surface area contributed by atoms with Crippen LogP contribution in [0.5, 0.6) is 0 Å². The van der Waals surface area contributed by atoms with E-state index >= 15 is 0 Å². The van der Waals surface area contributed by atoms with Gasteiger partial charge in [0.05, 0.1) is 5.92 Å². The Morgan fingerprint density at radius 3 is 2.57 bits per heavy atom. The molecule has 23 heavy (non-hydrogen) atoms. The predicted octanol–water partition coefficient (Wildman–Crippen LogP) is 5.02. The van der Waals surface area contributed by atoms with Crippen LogP contribution in [0.3, 0.4) is 0 Å². The van der Waals surface area contributed by atoms with E-state index in [2.05, 4.69) is 68.3 Å². The predicted molar refractivity (Wildman–Crippen MR) is 97.8 cm³/mol. The van der Waals surface area contributed by atoms with Crippen LogP contribution in [0.2, 0.25) is 0 Å². The Kier molecular flexibility index (Phi) is 3.90. The number of rotatable bonds is 1. The molecule has 1 heterocycles. The lowest BCUT2D eigenvalue weighted by Crippen LogP contribution is -2.45. The number of hydrogen-bond acceptors (Lipinski definition) is 2. The molecule has 0 saturated carbocycles. The van der Waals surface area contributed by atoms with Crippen LogP contribution in [0.4, 0.5) is 0 Å². The highest BCUT2D eigenvalue weighted by atomic mass is 79.9. The van der Waals surface area contributed by atoms with Crippen molar-refractivity contribution in [3.8, 4) is 0 Å². The van der Waals surface area contributed by atoms with Gasteiger partial charge in [-0.1, -0.05) is 80.4 Å². The van der Waals surface area contributed by atoms with Gasteiger partial charge in [-0.15, -0.1) is 0 Å². The van der Waals surface area contributed by atoms with Gasteiger partial charge in [0.1, 0.15) is 6.10 Å². The van der Waals surface area contributed by atoms with Crippen LogP contribution in [-0.4, -0.2) is 12.1 Å². The lowest BCUT2D eigenvalue weighted by Gasteiger charge is -2.42. The topological polar surface area (TPSA) is 26.3 Å². The molecule has 2 nitrogen and oxygen atoms in total. The fourth-order valence-corrected chi connectivity index (χ4v) is 4.22. The third kappa shape index (κ3) is 2.68. The Morgan fingerprint density at radius 1 is 1.00 bits per heavy atom. The second kappa shape index (κ2) is 5.91. The van der Waals surface area contributed by atoms with Gasteiger partial charge in [-0.3, -0.25) is 4.79 Å². The monoisotopic (exact) mass is 432 g/mol. The third-order valence-corrected chi connectivity index (χ3v) is 5.69. The number of esters is 1. The highest BCUT2D eigenvalue weighted by Gasteiger charge is 2.45. The number of fused-ring (bicyclic) bond motifs is 3. The van der Waals surface area contributed by atoms with Gasteiger partial charge in [0.25, 0.3) is 0 Å². The Hall–Kier alpha value is -1.39. The first-order valence-corrected chi connectivity index (χ1v) is 9.12. The van der Waals surface area contributed by atoms with E-state index in [-0.39, 0.29) is 29.8 Å². The van der Waals surface area contributed by atoms with E-state index in [1.165, 1.54) is 0 Å². The van der Waals surface area contributed by atoms with Crippen molar-refractivity contribution in [1.29, 1.82) is 0 Å². The second-order valence-electron chi connectivity index (χ2n) is 5.96. The Labute approximate surface area is 151 Å². The molecular weight excluding hydrogens is 420 g/mol. The molecule has 0 amide bonds. The normalized spacial score (nSPS) is 31.7. The van der Waals surface area contributed by atoms with Crippen LogP contribution in [0.25, 0.3) is 5.57 Å². The van der Waals surface area contributed by atoms with E-state index in [0.717, 1.165) is 20.1 Å². The molecule has 1 fully saturated rings. The zero-order valence-electron chi connectivity index (χ0n) is 12.2. The maximum absolute atomic E-state index is 12.5. The summed E-state index contributed by atoms with van der Waals surface area (Å²) >= 11 is 6.91. The fourth-order valence-electron chi connectivity index (χ4n) is 3.52. The maximum Gasteiger partial charge on any atom is 0.314 e. The highest BCUT2D eigenvalue weighted by Crippen LogP contribution is 2.44. The zero-order valence-corrected chi connectivity index (χ0v) is 15.3. The van der Waals surface area contributed by atoms with E-state index < -0.39 is 0 Å².